The molecule has 0 N–H and O–H groups in total. The molecule has 1 fully saturated rings. The number of likely N-dealkylation sites (tertiary alicyclic amines) is 1. The van der Waals surface area contributed by atoms with Gasteiger partial charge in [0.25, 0.3) is 5.91 Å². The van der Waals surface area contributed by atoms with Crippen molar-refractivity contribution < 1.29 is 14.1 Å². The molecule has 146 valence electrons. The molecular formula is C20H21N3O3S2. The highest BCUT2D eigenvalue weighted by molar-refractivity contribution is 7.98. The fraction of sp³-hybridized carbons (Fsp3) is 0.350. The van der Waals surface area contributed by atoms with Gasteiger partial charge in [0.1, 0.15) is 17.4 Å². The second kappa shape index (κ2) is 8.79. The molecule has 1 saturated heterocycles. The van der Waals surface area contributed by atoms with E-state index in [1.165, 1.54) is 0 Å². The molecule has 3 aromatic rings. The average molecular weight is 416 g/mol. The number of nitrogens with zero attached hydrogens (tertiary/aromatic N) is 3. The molecule has 6 nitrogen and oxygen atoms in total. The number of benzene rings is 1. The summed E-state index contributed by atoms with van der Waals surface area (Å²) in [6, 6.07) is 9.52. The fourth-order valence-electron chi connectivity index (χ4n) is 3.35. The van der Waals surface area contributed by atoms with E-state index in [9.17, 15) is 4.79 Å². The first-order valence-corrected chi connectivity index (χ1v) is 11.3. The maximum atomic E-state index is 13.0. The van der Waals surface area contributed by atoms with Crippen molar-refractivity contribution in [3.8, 4) is 5.75 Å². The van der Waals surface area contributed by atoms with E-state index in [1.54, 1.807) is 35.4 Å². The van der Waals surface area contributed by atoms with Gasteiger partial charge in [-0.1, -0.05) is 17.3 Å². The zero-order valence-corrected chi connectivity index (χ0v) is 17.2. The lowest BCUT2D eigenvalue weighted by atomic mass is 10.0. The Morgan fingerprint density at radius 2 is 2.29 bits per heavy atom. The normalized spacial score (nSPS) is 16.9. The number of thiazole rings is 1. The lowest BCUT2D eigenvalue weighted by Crippen LogP contribution is -2.38. The van der Waals surface area contributed by atoms with Crippen LogP contribution in [-0.2, 0) is 6.61 Å². The van der Waals surface area contributed by atoms with Gasteiger partial charge < -0.3 is 14.2 Å². The predicted molar refractivity (Wildman–Crippen MR) is 109 cm³/mol. The minimum Gasteiger partial charge on any atom is -0.484 e. The van der Waals surface area contributed by atoms with E-state index < -0.39 is 0 Å². The molecule has 0 unspecified atom stereocenters. The fourth-order valence-corrected chi connectivity index (χ4v) is 4.67. The summed E-state index contributed by atoms with van der Waals surface area (Å²) in [5.74, 6) is 1.21. The Labute approximate surface area is 171 Å². The van der Waals surface area contributed by atoms with Gasteiger partial charge in [0.2, 0.25) is 0 Å². The quantitative estimate of drug-likeness (QED) is 0.539. The van der Waals surface area contributed by atoms with Crippen molar-refractivity contribution in [3.05, 3.63) is 58.4 Å². The van der Waals surface area contributed by atoms with Gasteiger partial charge in [-0.2, -0.15) is 0 Å². The molecule has 1 aliphatic heterocycles. The van der Waals surface area contributed by atoms with Crippen LogP contribution in [-0.4, -0.2) is 33.7 Å². The number of carbonyl (C=O) groups excluding carboxylic acids is 1. The summed E-state index contributed by atoms with van der Waals surface area (Å²) in [6.07, 6.45) is 6.81. The van der Waals surface area contributed by atoms with Crippen LogP contribution in [0.3, 0.4) is 0 Å². The Hall–Kier alpha value is -2.32. The lowest BCUT2D eigenvalue weighted by Gasteiger charge is -2.33. The molecule has 0 saturated carbocycles. The van der Waals surface area contributed by atoms with Gasteiger partial charge in [0.05, 0.1) is 6.04 Å². The first kappa shape index (κ1) is 19.0. The van der Waals surface area contributed by atoms with Gasteiger partial charge in [-0.25, -0.2) is 4.98 Å². The molecule has 3 heterocycles. The van der Waals surface area contributed by atoms with Crippen molar-refractivity contribution in [2.75, 3.05) is 12.8 Å². The van der Waals surface area contributed by atoms with E-state index in [2.05, 4.69) is 10.1 Å². The molecular weight excluding hydrogens is 394 g/mol. The van der Waals surface area contributed by atoms with E-state index >= 15 is 0 Å². The standard InChI is InChI=1S/C20H21N3O3S2/c1-27-18-8-3-2-7-17(18)25-13-14-12-15(22-26-14)20(24)23-10-5-4-6-16(23)19-21-9-11-28-19/h2-3,7-9,11-12,16H,4-6,10,13H2,1H3/t16-/m1/s1. The van der Waals surface area contributed by atoms with Gasteiger partial charge in [-0.15, -0.1) is 23.1 Å². The average Bonchev–Trinajstić information content (AvgIpc) is 3.44. The van der Waals surface area contributed by atoms with E-state index in [1.807, 2.05) is 40.8 Å². The number of aromatic nitrogens is 2. The predicted octanol–water partition coefficient (Wildman–Crippen LogP) is 4.80. The molecule has 0 radical (unpaired) electrons. The monoisotopic (exact) mass is 415 g/mol. The summed E-state index contributed by atoms with van der Waals surface area (Å²) >= 11 is 3.21. The first-order valence-electron chi connectivity index (χ1n) is 9.18. The molecule has 1 amide bonds. The number of thioether (sulfide) groups is 1. The zero-order chi connectivity index (χ0) is 19.3. The van der Waals surface area contributed by atoms with Crippen molar-refractivity contribution in [2.24, 2.45) is 0 Å². The number of ether oxygens (including phenoxy) is 1. The lowest BCUT2D eigenvalue weighted by molar-refractivity contribution is 0.0600. The van der Waals surface area contributed by atoms with Crippen LogP contribution in [0.25, 0.3) is 0 Å². The maximum Gasteiger partial charge on any atom is 0.276 e. The molecule has 0 spiro atoms. The Kier molecular flexibility index (Phi) is 5.97. The number of hydrogen-bond donors (Lipinski definition) is 0. The summed E-state index contributed by atoms with van der Waals surface area (Å²) < 4.78 is 11.2. The first-order chi connectivity index (χ1) is 13.8. The van der Waals surface area contributed by atoms with Crippen molar-refractivity contribution >= 4 is 29.0 Å². The zero-order valence-electron chi connectivity index (χ0n) is 15.5. The van der Waals surface area contributed by atoms with Crippen LogP contribution in [0.4, 0.5) is 0 Å². The Bertz CT molecular complexity index is 926. The summed E-state index contributed by atoms with van der Waals surface area (Å²) in [6.45, 7) is 0.941. The van der Waals surface area contributed by atoms with Gasteiger partial charge in [-0.05, 0) is 37.7 Å². The van der Waals surface area contributed by atoms with Gasteiger partial charge in [0, 0.05) is 29.1 Å². The molecule has 0 aliphatic carbocycles. The third-order valence-electron chi connectivity index (χ3n) is 4.72. The van der Waals surface area contributed by atoms with Gasteiger partial charge in [0.15, 0.2) is 11.5 Å². The summed E-state index contributed by atoms with van der Waals surface area (Å²) in [4.78, 5) is 20.4. The Morgan fingerprint density at radius 1 is 1.39 bits per heavy atom. The highest BCUT2D eigenvalue weighted by atomic mass is 32.2. The van der Waals surface area contributed by atoms with Crippen LogP contribution in [0.2, 0.25) is 0 Å². The van der Waals surface area contributed by atoms with Crippen molar-refractivity contribution in [3.63, 3.8) is 0 Å². The summed E-state index contributed by atoms with van der Waals surface area (Å²) in [5.41, 5.74) is 0.320. The molecule has 2 aromatic heterocycles. The molecule has 4 rings (SSSR count). The third kappa shape index (κ3) is 4.07. The van der Waals surface area contributed by atoms with Gasteiger partial charge >= 0.3 is 0 Å². The third-order valence-corrected chi connectivity index (χ3v) is 6.37. The van der Waals surface area contributed by atoms with E-state index in [4.69, 9.17) is 9.26 Å². The number of hydrogen-bond acceptors (Lipinski definition) is 7. The van der Waals surface area contributed by atoms with Crippen LogP contribution in [0.1, 0.15) is 46.6 Å². The van der Waals surface area contributed by atoms with Crippen molar-refractivity contribution in [1.29, 1.82) is 0 Å². The minimum absolute atomic E-state index is 0.0195. The second-order valence-corrected chi connectivity index (χ2v) is 8.27. The van der Waals surface area contributed by atoms with Crippen LogP contribution < -0.4 is 4.74 Å². The Balaban J connectivity index is 1.45. The highest BCUT2D eigenvalue weighted by Crippen LogP contribution is 2.33. The smallest absolute Gasteiger partial charge is 0.276 e. The number of para-hydroxylation sites is 1. The van der Waals surface area contributed by atoms with Crippen LogP contribution in [0.5, 0.6) is 5.75 Å². The number of rotatable bonds is 6. The Morgan fingerprint density at radius 3 is 3.11 bits per heavy atom. The molecule has 1 aliphatic rings. The number of piperidine rings is 1. The highest BCUT2D eigenvalue weighted by Gasteiger charge is 2.31. The van der Waals surface area contributed by atoms with Crippen molar-refractivity contribution in [1.82, 2.24) is 15.0 Å². The molecule has 1 atom stereocenters. The van der Waals surface area contributed by atoms with Crippen LogP contribution in [0, 0.1) is 0 Å². The second-order valence-electron chi connectivity index (χ2n) is 6.50. The molecule has 28 heavy (non-hydrogen) atoms. The van der Waals surface area contributed by atoms with E-state index in [0.29, 0.717) is 18.0 Å². The minimum atomic E-state index is -0.112. The van der Waals surface area contributed by atoms with Crippen LogP contribution in [0.15, 0.2) is 51.3 Å². The SMILES string of the molecule is CSc1ccccc1OCc1cc(C(=O)N2CCCC[C@@H]2c2nccs2)no1. The molecule has 0 bridgehead atoms. The molecule has 1 aromatic carbocycles. The van der Waals surface area contributed by atoms with Crippen molar-refractivity contribution in [2.45, 2.75) is 36.8 Å². The largest absolute Gasteiger partial charge is 0.484 e. The van der Waals surface area contributed by atoms with Crippen LogP contribution >= 0.6 is 23.1 Å². The topological polar surface area (TPSA) is 68.5 Å². The molecule has 8 heteroatoms. The van der Waals surface area contributed by atoms with Gasteiger partial charge in [-0.3, -0.25) is 4.79 Å². The number of carbonyl (C=O) groups is 1. The maximum absolute atomic E-state index is 13.0. The van der Waals surface area contributed by atoms with E-state index in [-0.39, 0.29) is 18.6 Å². The summed E-state index contributed by atoms with van der Waals surface area (Å²) in [7, 11) is 0. The summed E-state index contributed by atoms with van der Waals surface area (Å²) in [5, 5.41) is 6.92. The number of amides is 1. The van der Waals surface area contributed by atoms with E-state index in [0.717, 1.165) is 34.9 Å².